The molecule has 1 heterocycles. The van der Waals surface area contributed by atoms with Crippen molar-refractivity contribution < 1.29 is 4.79 Å². The Morgan fingerprint density at radius 3 is 2.24 bits per heavy atom. The van der Waals surface area contributed by atoms with Crippen LogP contribution in [0.25, 0.3) is 17.1 Å². The van der Waals surface area contributed by atoms with Gasteiger partial charge in [-0.1, -0.05) is 35.0 Å². The number of amides is 1. The zero-order valence-corrected chi connectivity index (χ0v) is 15.6. The van der Waals surface area contributed by atoms with Crippen LogP contribution in [0.5, 0.6) is 0 Å². The van der Waals surface area contributed by atoms with Crippen LogP contribution in [-0.4, -0.2) is 33.5 Å². The van der Waals surface area contributed by atoms with Crippen molar-refractivity contribution >= 4 is 40.9 Å². The van der Waals surface area contributed by atoms with Crippen molar-refractivity contribution in [2.45, 2.75) is 5.16 Å². The maximum atomic E-state index is 11.6. The second-order valence-electron chi connectivity index (χ2n) is 5.09. The van der Waals surface area contributed by atoms with Gasteiger partial charge in [0.05, 0.1) is 5.75 Å². The molecule has 1 N–H and O–H groups in total. The van der Waals surface area contributed by atoms with Crippen LogP contribution in [0, 0.1) is 0 Å². The number of hydrogen-bond donors (Lipinski definition) is 1. The highest BCUT2D eigenvalue weighted by Crippen LogP contribution is 2.29. The second kappa shape index (κ2) is 7.91. The third kappa shape index (κ3) is 4.15. The molecule has 0 radical (unpaired) electrons. The third-order valence-electron chi connectivity index (χ3n) is 3.43. The summed E-state index contributed by atoms with van der Waals surface area (Å²) < 4.78 is 1.90. The first-order chi connectivity index (χ1) is 12.1. The number of carbonyl (C=O) groups excluding carboxylic acids is 1. The summed E-state index contributed by atoms with van der Waals surface area (Å²) in [6.45, 7) is 0. The normalized spacial score (nSPS) is 10.7. The van der Waals surface area contributed by atoms with Crippen molar-refractivity contribution in [2.24, 2.45) is 0 Å². The summed E-state index contributed by atoms with van der Waals surface area (Å²) in [5.41, 5.74) is 1.73. The quantitative estimate of drug-likeness (QED) is 0.664. The van der Waals surface area contributed by atoms with Crippen LogP contribution in [0.2, 0.25) is 10.0 Å². The van der Waals surface area contributed by atoms with Crippen LogP contribution < -0.4 is 5.32 Å². The summed E-state index contributed by atoms with van der Waals surface area (Å²) in [7, 11) is 1.60. The van der Waals surface area contributed by atoms with Gasteiger partial charge in [-0.05, 0) is 48.5 Å². The summed E-state index contributed by atoms with van der Waals surface area (Å²) in [6, 6.07) is 14.7. The van der Waals surface area contributed by atoms with Gasteiger partial charge >= 0.3 is 0 Å². The van der Waals surface area contributed by atoms with Gasteiger partial charge in [-0.25, -0.2) is 0 Å². The fourth-order valence-electron chi connectivity index (χ4n) is 2.17. The SMILES string of the molecule is CNC(=O)CSc1nnc(-c2ccc(Cl)cc2)n1-c1ccc(Cl)cc1. The van der Waals surface area contributed by atoms with E-state index in [1.165, 1.54) is 11.8 Å². The highest BCUT2D eigenvalue weighted by Gasteiger charge is 2.17. The van der Waals surface area contributed by atoms with Crippen molar-refractivity contribution in [2.75, 3.05) is 12.8 Å². The molecule has 3 aromatic rings. The van der Waals surface area contributed by atoms with Crippen molar-refractivity contribution in [3.8, 4) is 17.1 Å². The molecule has 0 fully saturated rings. The number of hydrogen-bond acceptors (Lipinski definition) is 4. The average molecular weight is 393 g/mol. The van der Waals surface area contributed by atoms with Crippen LogP contribution in [-0.2, 0) is 4.79 Å². The fraction of sp³-hybridized carbons (Fsp3) is 0.118. The Morgan fingerprint density at radius 1 is 1.04 bits per heavy atom. The van der Waals surface area contributed by atoms with Gasteiger partial charge in [0.15, 0.2) is 11.0 Å². The van der Waals surface area contributed by atoms with Crippen LogP contribution in [0.3, 0.4) is 0 Å². The van der Waals surface area contributed by atoms with Gasteiger partial charge in [-0.15, -0.1) is 10.2 Å². The molecule has 0 unspecified atom stereocenters. The monoisotopic (exact) mass is 392 g/mol. The molecule has 2 aromatic carbocycles. The Morgan fingerprint density at radius 2 is 1.64 bits per heavy atom. The molecule has 128 valence electrons. The number of halogens is 2. The van der Waals surface area contributed by atoms with Crippen LogP contribution in [0.15, 0.2) is 53.7 Å². The Labute approximate surface area is 159 Å². The lowest BCUT2D eigenvalue weighted by atomic mass is 10.2. The van der Waals surface area contributed by atoms with Gasteiger partial charge in [0.2, 0.25) is 5.91 Å². The maximum Gasteiger partial charge on any atom is 0.230 e. The molecule has 8 heteroatoms. The lowest BCUT2D eigenvalue weighted by Crippen LogP contribution is -2.20. The van der Waals surface area contributed by atoms with E-state index < -0.39 is 0 Å². The predicted octanol–water partition coefficient (Wildman–Crippen LogP) is 4.08. The van der Waals surface area contributed by atoms with E-state index in [0.29, 0.717) is 21.0 Å². The standard InChI is InChI=1S/C17H14Cl2N4OS/c1-20-15(24)10-25-17-22-21-16(11-2-4-12(18)5-3-11)23(17)14-8-6-13(19)7-9-14/h2-9H,10H2,1H3,(H,20,24). The van der Waals surface area contributed by atoms with Crippen molar-refractivity contribution in [1.82, 2.24) is 20.1 Å². The number of nitrogens with zero attached hydrogens (tertiary/aromatic N) is 3. The minimum atomic E-state index is -0.0799. The second-order valence-corrected chi connectivity index (χ2v) is 6.90. The number of benzene rings is 2. The largest absolute Gasteiger partial charge is 0.358 e. The molecule has 0 spiro atoms. The summed E-state index contributed by atoms with van der Waals surface area (Å²) in [5.74, 6) is 0.838. The number of nitrogens with one attached hydrogen (secondary N) is 1. The molecule has 3 rings (SSSR count). The van der Waals surface area contributed by atoms with E-state index >= 15 is 0 Å². The van der Waals surface area contributed by atoms with Gasteiger partial charge in [0, 0.05) is 28.3 Å². The van der Waals surface area contributed by atoms with E-state index in [2.05, 4.69) is 15.5 Å². The Hall–Kier alpha value is -2.02. The Balaban J connectivity index is 2.05. The molecule has 0 aliphatic rings. The third-order valence-corrected chi connectivity index (χ3v) is 4.86. The lowest BCUT2D eigenvalue weighted by molar-refractivity contribution is -0.118. The average Bonchev–Trinajstić information content (AvgIpc) is 3.05. The van der Waals surface area contributed by atoms with Crippen molar-refractivity contribution in [3.63, 3.8) is 0 Å². The maximum absolute atomic E-state index is 11.6. The first kappa shape index (κ1) is 17.8. The van der Waals surface area contributed by atoms with Crippen molar-refractivity contribution in [3.05, 3.63) is 58.6 Å². The Bertz CT molecular complexity index is 879. The fourth-order valence-corrected chi connectivity index (χ4v) is 3.25. The predicted molar refractivity (Wildman–Crippen MR) is 102 cm³/mol. The molecule has 0 saturated heterocycles. The van der Waals surface area contributed by atoms with Crippen LogP contribution in [0.4, 0.5) is 0 Å². The van der Waals surface area contributed by atoms with Crippen LogP contribution in [0.1, 0.15) is 0 Å². The number of aromatic nitrogens is 3. The summed E-state index contributed by atoms with van der Waals surface area (Å²) in [4.78, 5) is 11.6. The molecule has 0 saturated carbocycles. The minimum Gasteiger partial charge on any atom is -0.358 e. The number of thioether (sulfide) groups is 1. The first-order valence-electron chi connectivity index (χ1n) is 7.39. The van der Waals surface area contributed by atoms with E-state index in [9.17, 15) is 4.79 Å². The molecule has 0 bridgehead atoms. The highest BCUT2D eigenvalue weighted by atomic mass is 35.5. The summed E-state index contributed by atoms with van der Waals surface area (Å²) in [6.07, 6.45) is 0. The lowest BCUT2D eigenvalue weighted by Gasteiger charge is -2.10. The molecular formula is C17H14Cl2N4OS. The molecule has 1 aromatic heterocycles. The molecule has 1 amide bonds. The number of rotatable bonds is 5. The first-order valence-corrected chi connectivity index (χ1v) is 9.13. The summed E-state index contributed by atoms with van der Waals surface area (Å²) in [5, 5.41) is 13.1. The smallest absolute Gasteiger partial charge is 0.230 e. The van der Waals surface area contributed by atoms with Gasteiger partial charge in [0.1, 0.15) is 0 Å². The minimum absolute atomic E-state index is 0.0799. The molecule has 0 atom stereocenters. The van der Waals surface area contributed by atoms with Crippen LogP contribution >= 0.6 is 35.0 Å². The van der Waals surface area contributed by atoms with E-state index in [-0.39, 0.29) is 11.7 Å². The number of carbonyl (C=O) groups is 1. The van der Waals surface area contributed by atoms with E-state index in [1.807, 2.05) is 28.8 Å². The molecular weight excluding hydrogens is 379 g/mol. The van der Waals surface area contributed by atoms with E-state index in [4.69, 9.17) is 23.2 Å². The molecule has 0 aliphatic heterocycles. The highest BCUT2D eigenvalue weighted by molar-refractivity contribution is 7.99. The summed E-state index contributed by atoms with van der Waals surface area (Å²) >= 11 is 13.3. The van der Waals surface area contributed by atoms with E-state index in [1.54, 1.807) is 31.3 Å². The molecule has 5 nitrogen and oxygen atoms in total. The zero-order chi connectivity index (χ0) is 17.8. The van der Waals surface area contributed by atoms with E-state index in [0.717, 1.165) is 11.3 Å². The Kier molecular flexibility index (Phi) is 5.63. The van der Waals surface area contributed by atoms with Gasteiger partial charge < -0.3 is 5.32 Å². The topological polar surface area (TPSA) is 59.8 Å². The van der Waals surface area contributed by atoms with Gasteiger partial charge in [-0.2, -0.15) is 0 Å². The van der Waals surface area contributed by atoms with Gasteiger partial charge in [0.25, 0.3) is 0 Å². The van der Waals surface area contributed by atoms with Gasteiger partial charge in [-0.3, -0.25) is 9.36 Å². The molecule has 0 aliphatic carbocycles. The zero-order valence-electron chi connectivity index (χ0n) is 13.2. The van der Waals surface area contributed by atoms with Crippen molar-refractivity contribution in [1.29, 1.82) is 0 Å². The molecule has 25 heavy (non-hydrogen) atoms.